The molecule has 0 saturated heterocycles. The number of hydrogen-bond acceptors (Lipinski definition) is 2. The van der Waals surface area contributed by atoms with Gasteiger partial charge in [0.05, 0.1) is 0 Å². The maximum Gasteiger partial charge on any atom is 0.0463 e. The van der Waals surface area contributed by atoms with Gasteiger partial charge < -0.3 is 10.6 Å². The van der Waals surface area contributed by atoms with E-state index in [9.17, 15) is 0 Å². The number of rotatable bonds is 8. The minimum atomic E-state index is 0.0144. The predicted molar refractivity (Wildman–Crippen MR) is 117 cm³/mol. The number of hydrogen-bond donors (Lipinski definition) is 2. The van der Waals surface area contributed by atoms with E-state index in [1.165, 1.54) is 16.8 Å². The van der Waals surface area contributed by atoms with Crippen molar-refractivity contribution in [3.05, 3.63) is 58.6 Å². The Morgan fingerprint density at radius 1 is 0.885 bits per heavy atom. The Bertz CT molecular complexity index is 717. The number of halogens is 1. The van der Waals surface area contributed by atoms with Gasteiger partial charge in [-0.15, -0.1) is 0 Å². The molecule has 0 fully saturated rings. The van der Waals surface area contributed by atoms with Gasteiger partial charge in [-0.3, -0.25) is 0 Å². The first kappa shape index (κ1) is 20.6. The lowest BCUT2D eigenvalue weighted by Gasteiger charge is -2.27. The van der Waals surface area contributed by atoms with E-state index in [0.717, 1.165) is 30.1 Å². The summed E-state index contributed by atoms with van der Waals surface area (Å²) in [7, 11) is 1.91. The second kappa shape index (κ2) is 8.35. The Hall–Kier alpha value is -1.67. The minimum absolute atomic E-state index is 0.0144. The van der Waals surface area contributed by atoms with Crippen LogP contribution in [0.15, 0.2) is 42.5 Å². The Morgan fingerprint density at radius 2 is 1.50 bits per heavy atom. The van der Waals surface area contributed by atoms with Crippen molar-refractivity contribution in [1.29, 1.82) is 0 Å². The zero-order valence-corrected chi connectivity index (χ0v) is 17.8. The summed E-state index contributed by atoms with van der Waals surface area (Å²) in [6.07, 6.45) is 2.15. The minimum Gasteiger partial charge on any atom is -0.388 e. The van der Waals surface area contributed by atoms with Gasteiger partial charge in [0.25, 0.3) is 0 Å². The van der Waals surface area contributed by atoms with E-state index in [-0.39, 0.29) is 10.8 Å². The van der Waals surface area contributed by atoms with Crippen molar-refractivity contribution in [1.82, 2.24) is 0 Å². The van der Waals surface area contributed by atoms with Gasteiger partial charge in [0.15, 0.2) is 0 Å². The number of nitrogens with one attached hydrogen (secondary N) is 2. The van der Waals surface area contributed by atoms with Crippen LogP contribution in [-0.4, -0.2) is 13.6 Å². The topological polar surface area (TPSA) is 24.1 Å². The lowest BCUT2D eigenvalue weighted by Crippen LogP contribution is -2.22. The van der Waals surface area contributed by atoms with Crippen LogP contribution in [0.25, 0.3) is 0 Å². The summed E-state index contributed by atoms with van der Waals surface area (Å²) < 4.78 is 0. The highest BCUT2D eigenvalue weighted by atomic mass is 35.5. The van der Waals surface area contributed by atoms with Crippen molar-refractivity contribution in [3.63, 3.8) is 0 Å². The summed E-state index contributed by atoms with van der Waals surface area (Å²) in [4.78, 5) is 0. The molecule has 3 heteroatoms. The van der Waals surface area contributed by atoms with E-state index >= 15 is 0 Å². The van der Waals surface area contributed by atoms with Crippen LogP contribution >= 0.6 is 11.6 Å². The van der Waals surface area contributed by atoms with Crippen LogP contribution in [0.5, 0.6) is 0 Å². The van der Waals surface area contributed by atoms with Gasteiger partial charge in [-0.25, -0.2) is 0 Å². The molecule has 0 radical (unpaired) electrons. The van der Waals surface area contributed by atoms with Crippen molar-refractivity contribution in [3.8, 4) is 0 Å². The zero-order valence-electron chi connectivity index (χ0n) is 17.0. The third-order valence-corrected chi connectivity index (χ3v) is 5.93. The van der Waals surface area contributed by atoms with Gasteiger partial charge in [-0.2, -0.15) is 0 Å². The van der Waals surface area contributed by atoms with Gasteiger partial charge in [-0.05, 0) is 59.1 Å². The first-order chi connectivity index (χ1) is 12.2. The molecule has 0 aliphatic carbocycles. The second-order valence-corrected chi connectivity index (χ2v) is 8.73. The maximum atomic E-state index is 6.50. The molecule has 0 unspecified atom stereocenters. The maximum absolute atomic E-state index is 6.50. The summed E-state index contributed by atoms with van der Waals surface area (Å²) in [5.74, 6) is 0. The van der Waals surface area contributed by atoms with Gasteiger partial charge in [-0.1, -0.05) is 64.4 Å². The van der Waals surface area contributed by atoms with Crippen LogP contribution in [0.1, 0.15) is 58.6 Å². The van der Waals surface area contributed by atoms with Crippen LogP contribution in [0.3, 0.4) is 0 Å². The monoisotopic (exact) mass is 372 g/mol. The standard InChI is InChI=1S/C23H33ClN2/c1-7-22(2,3)17-8-10-18(11-9-17)26-15-14-23(4,5)20-13-12-19(25-6)16-21(20)24/h8-13,16,25-26H,7,14-15H2,1-6H3. The summed E-state index contributed by atoms with van der Waals surface area (Å²) in [5, 5.41) is 7.51. The molecule has 0 bridgehead atoms. The molecule has 0 aromatic heterocycles. The number of benzene rings is 2. The van der Waals surface area contributed by atoms with Crippen LogP contribution in [0.2, 0.25) is 5.02 Å². The molecule has 2 aromatic rings. The molecule has 0 atom stereocenters. The molecule has 26 heavy (non-hydrogen) atoms. The normalized spacial score (nSPS) is 12.1. The van der Waals surface area contributed by atoms with E-state index in [0.29, 0.717) is 0 Å². The molecule has 0 saturated carbocycles. The summed E-state index contributed by atoms with van der Waals surface area (Å²) in [5.41, 5.74) is 5.05. The molecule has 0 aliphatic heterocycles. The molecule has 2 N–H and O–H groups in total. The van der Waals surface area contributed by atoms with Crippen LogP contribution in [-0.2, 0) is 10.8 Å². The molecule has 142 valence electrons. The highest BCUT2D eigenvalue weighted by Gasteiger charge is 2.23. The van der Waals surface area contributed by atoms with Crippen molar-refractivity contribution in [2.24, 2.45) is 0 Å². The van der Waals surface area contributed by atoms with E-state index in [1.807, 2.05) is 13.1 Å². The van der Waals surface area contributed by atoms with Crippen LogP contribution in [0.4, 0.5) is 11.4 Å². The molecule has 2 nitrogen and oxygen atoms in total. The molecule has 2 rings (SSSR count). The van der Waals surface area contributed by atoms with Crippen LogP contribution < -0.4 is 10.6 Å². The Labute approximate surface area is 164 Å². The summed E-state index contributed by atoms with van der Waals surface area (Å²) in [6.45, 7) is 12.2. The van der Waals surface area contributed by atoms with E-state index in [4.69, 9.17) is 11.6 Å². The Morgan fingerprint density at radius 3 is 2.04 bits per heavy atom. The molecule has 0 aliphatic rings. The fourth-order valence-corrected chi connectivity index (χ4v) is 3.55. The van der Waals surface area contributed by atoms with Crippen molar-refractivity contribution < 1.29 is 0 Å². The molecule has 2 aromatic carbocycles. The van der Waals surface area contributed by atoms with Crippen molar-refractivity contribution in [2.75, 3.05) is 24.2 Å². The average Bonchev–Trinajstić information content (AvgIpc) is 2.61. The smallest absolute Gasteiger partial charge is 0.0463 e. The van der Waals surface area contributed by atoms with Gasteiger partial charge in [0.1, 0.15) is 0 Å². The zero-order chi connectivity index (χ0) is 19.4. The fourth-order valence-electron chi connectivity index (χ4n) is 3.12. The fraction of sp³-hybridized carbons (Fsp3) is 0.478. The number of anilines is 2. The van der Waals surface area contributed by atoms with Crippen LogP contribution in [0, 0.1) is 0 Å². The molecule has 0 amide bonds. The third kappa shape index (κ3) is 4.94. The Kier molecular flexibility index (Phi) is 6.63. The summed E-state index contributed by atoms with van der Waals surface area (Å²) >= 11 is 6.50. The quantitative estimate of drug-likeness (QED) is 0.529. The van der Waals surface area contributed by atoms with E-state index < -0.39 is 0 Å². The van der Waals surface area contributed by atoms with Gasteiger partial charge in [0, 0.05) is 30.0 Å². The second-order valence-electron chi connectivity index (χ2n) is 8.32. The average molecular weight is 373 g/mol. The third-order valence-electron chi connectivity index (χ3n) is 5.62. The first-order valence-electron chi connectivity index (χ1n) is 9.52. The molecule has 0 spiro atoms. The van der Waals surface area contributed by atoms with Gasteiger partial charge >= 0.3 is 0 Å². The lowest BCUT2D eigenvalue weighted by molar-refractivity contribution is 0.495. The SMILES string of the molecule is CCC(C)(C)c1ccc(NCCC(C)(C)c2ccc(NC)cc2Cl)cc1. The highest BCUT2D eigenvalue weighted by Crippen LogP contribution is 2.34. The van der Waals surface area contributed by atoms with Crippen molar-refractivity contribution >= 4 is 23.0 Å². The van der Waals surface area contributed by atoms with Gasteiger partial charge in [0.2, 0.25) is 0 Å². The predicted octanol–water partition coefficient (Wildman–Crippen LogP) is 6.85. The van der Waals surface area contributed by atoms with E-state index in [1.54, 1.807) is 0 Å². The molecular weight excluding hydrogens is 340 g/mol. The van der Waals surface area contributed by atoms with E-state index in [2.05, 4.69) is 81.7 Å². The molecular formula is C23H33ClN2. The highest BCUT2D eigenvalue weighted by molar-refractivity contribution is 6.31. The Balaban J connectivity index is 1.98. The summed E-state index contributed by atoms with van der Waals surface area (Å²) in [6, 6.07) is 15.1. The largest absolute Gasteiger partial charge is 0.388 e. The van der Waals surface area contributed by atoms with Crippen molar-refractivity contribution in [2.45, 2.75) is 58.3 Å². The first-order valence-corrected chi connectivity index (χ1v) is 9.89. The lowest BCUT2D eigenvalue weighted by atomic mass is 9.81. The molecule has 0 heterocycles.